The minimum Gasteiger partial charge on any atom is -0.452 e. The van der Waals surface area contributed by atoms with Gasteiger partial charge in [-0.05, 0) is 60.5 Å². The highest BCUT2D eigenvalue weighted by atomic mass is 35.5. The van der Waals surface area contributed by atoms with E-state index in [1.807, 2.05) is 24.3 Å². The lowest BCUT2D eigenvalue weighted by molar-refractivity contribution is -0.121. The predicted molar refractivity (Wildman–Crippen MR) is 126 cm³/mol. The lowest BCUT2D eigenvalue weighted by atomic mass is 10.2. The fourth-order valence-electron chi connectivity index (χ4n) is 3.65. The Balaban J connectivity index is 1.50. The molecule has 3 aromatic carbocycles. The first-order valence-electron chi connectivity index (χ1n) is 10.3. The summed E-state index contributed by atoms with van der Waals surface area (Å²) < 4.78 is 45.4. The summed E-state index contributed by atoms with van der Waals surface area (Å²) in [7, 11) is -2.78. The number of hydrogen-bond donors (Lipinski definition) is 0. The zero-order valence-electron chi connectivity index (χ0n) is 18.1. The van der Waals surface area contributed by atoms with Crippen LogP contribution in [0.1, 0.15) is 15.9 Å². The fourth-order valence-corrected chi connectivity index (χ4v) is 5.07. The largest absolute Gasteiger partial charge is 0.452 e. The Morgan fingerprint density at radius 2 is 1.79 bits per heavy atom. The molecule has 1 aliphatic heterocycles. The summed E-state index contributed by atoms with van der Waals surface area (Å²) >= 11 is 6.12. The molecule has 0 aromatic heterocycles. The van der Waals surface area contributed by atoms with E-state index in [2.05, 4.69) is 0 Å². The Bertz CT molecular complexity index is 1360. The molecule has 0 N–H and O–H groups in total. The number of rotatable bonds is 6. The average molecular weight is 503 g/mol. The number of amides is 1. The van der Waals surface area contributed by atoms with E-state index in [1.54, 1.807) is 4.90 Å². The molecule has 0 bridgehead atoms. The van der Waals surface area contributed by atoms with E-state index in [1.165, 1.54) is 31.3 Å². The monoisotopic (exact) mass is 502 g/mol. The molecule has 0 aliphatic carbocycles. The maximum absolute atomic E-state index is 13.2. The van der Waals surface area contributed by atoms with Crippen LogP contribution in [0, 0.1) is 5.82 Å². The van der Waals surface area contributed by atoms with Crippen LogP contribution in [0.2, 0.25) is 5.02 Å². The van der Waals surface area contributed by atoms with E-state index in [4.69, 9.17) is 16.3 Å². The zero-order valence-corrected chi connectivity index (χ0v) is 19.6. The zero-order chi connectivity index (χ0) is 24.5. The molecule has 4 rings (SSSR count). The van der Waals surface area contributed by atoms with Crippen molar-refractivity contribution in [2.45, 2.75) is 11.3 Å². The van der Waals surface area contributed by atoms with Crippen LogP contribution >= 0.6 is 11.6 Å². The number of halogens is 2. The molecule has 10 heteroatoms. The van der Waals surface area contributed by atoms with Gasteiger partial charge in [0.25, 0.3) is 15.9 Å². The molecular formula is C24H20ClFN2O5S. The molecule has 0 fully saturated rings. The number of fused-ring (bicyclic) bond motifs is 1. The smallest absolute Gasteiger partial charge is 0.340 e. The van der Waals surface area contributed by atoms with E-state index in [0.29, 0.717) is 13.0 Å². The van der Waals surface area contributed by atoms with Crippen molar-refractivity contribution in [1.82, 2.24) is 0 Å². The van der Waals surface area contributed by atoms with Crippen molar-refractivity contribution in [3.8, 4) is 0 Å². The normalized spacial score (nSPS) is 12.9. The number of hydrogen-bond acceptors (Lipinski definition) is 5. The number of carbonyl (C=O) groups is 2. The van der Waals surface area contributed by atoms with Crippen LogP contribution in [0.15, 0.2) is 71.6 Å². The second-order valence-electron chi connectivity index (χ2n) is 7.59. The standard InChI is InChI=1S/C24H20ClFN2O5S/c1-27(18-8-6-17(26)7-9-18)34(31,32)19-10-11-21(25)20(14-19)24(30)33-15-23(29)28-13-12-16-4-2-3-5-22(16)28/h2-11,14H,12-13,15H2,1H3. The first-order valence-corrected chi connectivity index (χ1v) is 12.1. The van der Waals surface area contributed by atoms with Crippen LogP contribution in [0.5, 0.6) is 0 Å². The topological polar surface area (TPSA) is 84.0 Å². The van der Waals surface area contributed by atoms with Crippen molar-refractivity contribution in [3.05, 3.63) is 88.7 Å². The molecule has 0 unspecified atom stereocenters. The lowest BCUT2D eigenvalue weighted by Crippen LogP contribution is -2.33. The van der Waals surface area contributed by atoms with Crippen molar-refractivity contribution in [3.63, 3.8) is 0 Å². The Labute approximate surface area is 201 Å². The number of esters is 1. The van der Waals surface area contributed by atoms with E-state index in [9.17, 15) is 22.4 Å². The van der Waals surface area contributed by atoms with Crippen molar-refractivity contribution in [2.24, 2.45) is 0 Å². The summed E-state index contributed by atoms with van der Waals surface area (Å²) in [6.07, 6.45) is 0.711. The molecular weight excluding hydrogens is 483 g/mol. The number of carbonyl (C=O) groups excluding carboxylic acids is 2. The Hall–Kier alpha value is -3.43. The first kappa shape index (κ1) is 23.7. The van der Waals surface area contributed by atoms with Gasteiger partial charge in [-0.15, -0.1) is 0 Å². The minimum atomic E-state index is -4.09. The summed E-state index contributed by atoms with van der Waals surface area (Å²) in [5.74, 6) is -1.82. The van der Waals surface area contributed by atoms with Gasteiger partial charge in [0.15, 0.2) is 6.61 Å². The van der Waals surface area contributed by atoms with E-state index >= 15 is 0 Å². The summed E-state index contributed by atoms with van der Waals surface area (Å²) in [5.41, 5.74) is 1.86. The molecule has 1 aliphatic rings. The van der Waals surface area contributed by atoms with E-state index < -0.39 is 34.3 Å². The van der Waals surface area contributed by atoms with E-state index in [0.717, 1.165) is 33.8 Å². The van der Waals surface area contributed by atoms with Gasteiger partial charge < -0.3 is 9.64 Å². The van der Waals surface area contributed by atoms with Gasteiger partial charge >= 0.3 is 5.97 Å². The molecule has 0 spiro atoms. The number of para-hydroxylation sites is 1. The van der Waals surface area contributed by atoms with Gasteiger partial charge in [-0.3, -0.25) is 9.10 Å². The maximum atomic E-state index is 13.2. The third-order valence-electron chi connectivity index (χ3n) is 5.52. The van der Waals surface area contributed by atoms with Crippen molar-refractivity contribution in [2.75, 3.05) is 29.4 Å². The lowest BCUT2D eigenvalue weighted by Gasteiger charge is -2.20. The molecule has 0 saturated heterocycles. The second-order valence-corrected chi connectivity index (χ2v) is 9.97. The van der Waals surface area contributed by atoms with Gasteiger partial charge in [-0.2, -0.15) is 0 Å². The highest BCUT2D eigenvalue weighted by Gasteiger charge is 2.27. The summed E-state index contributed by atoms with van der Waals surface area (Å²) in [5, 5.41) is -0.0210. The van der Waals surface area contributed by atoms with Gasteiger partial charge in [0, 0.05) is 19.3 Å². The van der Waals surface area contributed by atoms with Crippen LogP contribution in [0.4, 0.5) is 15.8 Å². The average Bonchev–Trinajstić information content (AvgIpc) is 3.27. The Morgan fingerprint density at radius 3 is 2.53 bits per heavy atom. The van der Waals surface area contributed by atoms with Crippen molar-refractivity contribution in [1.29, 1.82) is 0 Å². The Morgan fingerprint density at radius 1 is 1.09 bits per heavy atom. The van der Waals surface area contributed by atoms with Crippen LogP contribution in [-0.4, -0.2) is 40.5 Å². The summed E-state index contributed by atoms with van der Waals surface area (Å²) in [6.45, 7) is -0.0319. The van der Waals surface area contributed by atoms with Gasteiger partial charge in [0.05, 0.1) is 21.2 Å². The molecule has 1 amide bonds. The molecule has 0 radical (unpaired) electrons. The number of nitrogens with zero attached hydrogens (tertiary/aromatic N) is 2. The molecule has 34 heavy (non-hydrogen) atoms. The number of ether oxygens (including phenoxy) is 1. The molecule has 7 nitrogen and oxygen atoms in total. The molecule has 176 valence electrons. The van der Waals surface area contributed by atoms with Gasteiger partial charge in [-0.1, -0.05) is 29.8 Å². The highest BCUT2D eigenvalue weighted by Crippen LogP contribution is 2.28. The van der Waals surface area contributed by atoms with Crippen LogP contribution < -0.4 is 9.21 Å². The SMILES string of the molecule is CN(c1ccc(F)cc1)S(=O)(=O)c1ccc(Cl)c(C(=O)OCC(=O)N2CCc3ccccc32)c1. The quantitative estimate of drug-likeness (QED) is 0.475. The predicted octanol–water partition coefficient (Wildman–Crippen LogP) is 4.05. The molecule has 3 aromatic rings. The van der Waals surface area contributed by atoms with Crippen molar-refractivity contribution < 1.29 is 27.1 Å². The minimum absolute atomic E-state index is 0.0210. The highest BCUT2D eigenvalue weighted by molar-refractivity contribution is 7.92. The van der Waals surface area contributed by atoms with E-state index in [-0.39, 0.29) is 21.2 Å². The Kier molecular flexibility index (Phi) is 6.58. The number of anilines is 2. The summed E-state index contributed by atoms with van der Waals surface area (Å²) in [4.78, 5) is 26.6. The van der Waals surface area contributed by atoms with Crippen molar-refractivity contribution >= 4 is 44.9 Å². The van der Waals surface area contributed by atoms with Crippen LogP contribution in [0.3, 0.4) is 0 Å². The van der Waals surface area contributed by atoms with Gasteiger partial charge in [0.1, 0.15) is 5.82 Å². The summed E-state index contributed by atoms with van der Waals surface area (Å²) in [6, 6.07) is 16.0. The van der Waals surface area contributed by atoms with Gasteiger partial charge in [-0.25, -0.2) is 17.6 Å². The van der Waals surface area contributed by atoms with Crippen LogP contribution in [0.25, 0.3) is 0 Å². The molecule has 1 heterocycles. The molecule has 0 saturated carbocycles. The maximum Gasteiger partial charge on any atom is 0.340 e. The number of sulfonamides is 1. The number of benzene rings is 3. The fraction of sp³-hybridized carbons (Fsp3) is 0.167. The third-order valence-corrected chi connectivity index (χ3v) is 7.63. The molecule has 0 atom stereocenters. The van der Waals surface area contributed by atoms with Gasteiger partial charge in [0.2, 0.25) is 0 Å². The first-order chi connectivity index (χ1) is 16.2. The third kappa shape index (κ3) is 4.62. The van der Waals surface area contributed by atoms with Crippen LogP contribution in [-0.2, 0) is 26.0 Å². The second kappa shape index (κ2) is 9.44.